The monoisotopic (exact) mass is 292 g/mol. The molecule has 0 aliphatic heterocycles. The van der Waals surface area contributed by atoms with E-state index in [-0.39, 0.29) is 11.8 Å². The second-order valence-corrected chi connectivity index (χ2v) is 4.99. The molecule has 1 heterocycles. The lowest BCUT2D eigenvalue weighted by molar-refractivity contribution is 0.373. The maximum Gasteiger partial charge on any atom is 0.160 e. The Morgan fingerprint density at radius 1 is 1.35 bits per heavy atom. The number of nitrogens with one attached hydrogen (secondary N) is 1. The van der Waals surface area contributed by atoms with Crippen molar-refractivity contribution in [2.45, 2.75) is 19.9 Å². The number of aromatic hydroxyl groups is 1. The smallest absolute Gasteiger partial charge is 0.160 e. The molecule has 106 valence electrons. The van der Waals surface area contributed by atoms with Crippen LogP contribution in [0.2, 0.25) is 5.15 Å². The van der Waals surface area contributed by atoms with E-state index in [4.69, 9.17) is 16.3 Å². The standard InChI is InChI=1S/C15H17ClN2O2/c1-9-6-12(8-17-15(9)16)18-10(2)11-4-5-13(19)14(7-11)20-3/h4-8,10,18-19H,1-3H3. The van der Waals surface area contributed by atoms with Crippen molar-refractivity contribution in [1.82, 2.24) is 4.98 Å². The molecule has 2 rings (SSSR count). The van der Waals surface area contributed by atoms with Crippen LogP contribution in [0.1, 0.15) is 24.1 Å². The molecule has 0 aliphatic rings. The molecule has 0 fully saturated rings. The fraction of sp³-hybridized carbons (Fsp3) is 0.267. The normalized spacial score (nSPS) is 12.0. The van der Waals surface area contributed by atoms with Crippen molar-refractivity contribution < 1.29 is 9.84 Å². The third-order valence-corrected chi connectivity index (χ3v) is 3.50. The molecule has 1 unspecified atom stereocenters. The zero-order valence-electron chi connectivity index (χ0n) is 11.6. The molecule has 0 bridgehead atoms. The first kappa shape index (κ1) is 14.5. The Balaban J connectivity index is 2.19. The van der Waals surface area contributed by atoms with E-state index in [2.05, 4.69) is 10.3 Å². The molecule has 5 heteroatoms. The number of phenols is 1. The third kappa shape index (κ3) is 3.14. The fourth-order valence-corrected chi connectivity index (χ4v) is 2.04. The van der Waals surface area contributed by atoms with Crippen LogP contribution in [0.4, 0.5) is 5.69 Å². The summed E-state index contributed by atoms with van der Waals surface area (Å²) in [6.07, 6.45) is 1.70. The summed E-state index contributed by atoms with van der Waals surface area (Å²) < 4.78 is 5.11. The number of benzene rings is 1. The molecule has 0 spiro atoms. The SMILES string of the molecule is COc1cc(C(C)Nc2cnc(Cl)c(C)c2)ccc1O. The number of anilines is 1. The van der Waals surface area contributed by atoms with Gasteiger partial charge < -0.3 is 15.2 Å². The van der Waals surface area contributed by atoms with Crippen LogP contribution in [0, 0.1) is 6.92 Å². The summed E-state index contributed by atoms with van der Waals surface area (Å²) in [6, 6.07) is 7.28. The predicted octanol–water partition coefficient (Wildman–Crippen LogP) is 3.93. The number of nitrogens with zero attached hydrogens (tertiary/aromatic N) is 1. The van der Waals surface area contributed by atoms with Crippen LogP contribution in [0.5, 0.6) is 11.5 Å². The highest BCUT2D eigenvalue weighted by Gasteiger charge is 2.10. The van der Waals surface area contributed by atoms with Gasteiger partial charge in [0.15, 0.2) is 11.5 Å². The van der Waals surface area contributed by atoms with Crippen molar-refractivity contribution in [3.05, 3.63) is 46.7 Å². The Labute approximate surface area is 123 Å². The number of rotatable bonds is 4. The lowest BCUT2D eigenvalue weighted by atomic mass is 10.1. The summed E-state index contributed by atoms with van der Waals surface area (Å²) >= 11 is 5.91. The number of hydrogen-bond acceptors (Lipinski definition) is 4. The number of halogens is 1. The highest BCUT2D eigenvalue weighted by atomic mass is 35.5. The average Bonchev–Trinajstić information content (AvgIpc) is 2.43. The largest absolute Gasteiger partial charge is 0.504 e. The molecule has 0 aliphatic carbocycles. The number of hydrogen-bond donors (Lipinski definition) is 2. The van der Waals surface area contributed by atoms with Crippen molar-refractivity contribution in [1.29, 1.82) is 0 Å². The molecule has 0 saturated heterocycles. The van der Waals surface area contributed by atoms with Crippen LogP contribution < -0.4 is 10.1 Å². The molecule has 1 aromatic heterocycles. The van der Waals surface area contributed by atoms with Crippen molar-refractivity contribution in [2.24, 2.45) is 0 Å². The first-order chi connectivity index (χ1) is 9.51. The molecule has 20 heavy (non-hydrogen) atoms. The van der Waals surface area contributed by atoms with Gasteiger partial charge in [-0.3, -0.25) is 0 Å². The molecule has 2 aromatic rings. The van der Waals surface area contributed by atoms with E-state index < -0.39 is 0 Å². The summed E-state index contributed by atoms with van der Waals surface area (Å²) in [5.74, 6) is 0.592. The number of ether oxygens (including phenoxy) is 1. The van der Waals surface area contributed by atoms with Crippen LogP contribution in [0.15, 0.2) is 30.5 Å². The van der Waals surface area contributed by atoms with E-state index in [9.17, 15) is 5.11 Å². The second kappa shape index (κ2) is 6.01. The van der Waals surface area contributed by atoms with Crippen molar-refractivity contribution in [2.75, 3.05) is 12.4 Å². The summed E-state index contributed by atoms with van der Waals surface area (Å²) in [5.41, 5.74) is 2.82. The summed E-state index contributed by atoms with van der Waals surface area (Å²) in [6.45, 7) is 3.94. The Kier molecular flexibility index (Phi) is 4.35. The molecule has 1 atom stereocenters. The van der Waals surface area contributed by atoms with E-state index in [0.717, 1.165) is 16.8 Å². The van der Waals surface area contributed by atoms with E-state index in [1.165, 1.54) is 7.11 Å². The van der Waals surface area contributed by atoms with Crippen LogP contribution >= 0.6 is 11.6 Å². The van der Waals surface area contributed by atoms with Crippen molar-refractivity contribution in [3.63, 3.8) is 0 Å². The van der Waals surface area contributed by atoms with Gasteiger partial charge in [-0.25, -0.2) is 4.98 Å². The lowest BCUT2D eigenvalue weighted by Gasteiger charge is -2.17. The van der Waals surface area contributed by atoms with E-state index in [0.29, 0.717) is 10.9 Å². The van der Waals surface area contributed by atoms with Gasteiger partial charge in [0, 0.05) is 6.04 Å². The summed E-state index contributed by atoms with van der Waals surface area (Å²) in [7, 11) is 1.53. The van der Waals surface area contributed by atoms with Gasteiger partial charge in [0.05, 0.1) is 19.0 Å². The maximum atomic E-state index is 9.60. The lowest BCUT2D eigenvalue weighted by Crippen LogP contribution is -2.07. The van der Waals surface area contributed by atoms with Gasteiger partial charge in [-0.2, -0.15) is 0 Å². The van der Waals surface area contributed by atoms with Crippen LogP contribution in [-0.4, -0.2) is 17.2 Å². The minimum atomic E-state index is 0.0480. The number of methoxy groups -OCH3 is 1. The topological polar surface area (TPSA) is 54.4 Å². The first-order valence-electron chi connectivity index (χ1n) is 6.27. The third-order valence-electron chi connectivity index (χ3n) is 3.10. The molecule has 0 saturated carbocycles. The summed E-state index contributed by atoms with van der Waals surface area (Å²) in [4.78, 5) is 4.11. The average molecular weight is 293 g/mol. The van der Waals surface area contributed by atoms with E-state index in [1.807, 2.05) is 32.0 Å². The molecule has 1 aromatic carbocycles. The molecular weight excluding hydrogens is 276 g/mol. The van der Waals surface area contributed by atoms with E-state index >= 15 is 0 Å². The zero-order valence-corrected chi connectivity index (χ0v) is 12.4. The fourth-order valence-electron chi connectivity index (χ4n) is 1.93. The van der Waals surface area contributed by atoms with Crippen LogP contribution in [0.25, 0.3) is 0 Å². The highest BCUT2D eigenvalue weighted by molar-refractivity contribution is 6.30. The Morgan fingerprint density at radius 2 is 2.10 bits per heavy atom. The van der Waals surface area contributed by atoms with Crippen LogP contribution in [-0.2, 0) is 0 Å². The Morgan fingerprint density at radius 3 is 2.75 bits per heavy atom. The van der Waals surface area contributed by atoms with Gasteiger partial charge >= 0.3 is 0 Å². The quantitative estimate of drug-likeness (QED) is 0.838. The molecule has 0 radical (unpaired) electrons. The van der Waals surface area contributed by atoms with Gasteiger partial charge in [-0.1, -0.05) is 17.7 Å². The number of phenolic OH excluding ortho intramolecular Hbond substituents is 1. The van der Waals surface area contributed by atoms with Gasteiger partial charge in [0.1, 0.15) is 5.15 Å². The van der Waals surface area contributed by atoms with Crippen molar-refractivity contribution in [3.8, 4) is 11.5 Å². The number of pyridine rings is 1. The molecule has 0 amide bonds. The molecule has 4 nitrogen and oxygen atoms in total. The van der Waals surface area contributed by atoms with Gasteiger partial charge in [-0.05, 0) is 43.2 Å². The number of aromatic nitrogens is 1. The van der Waals surface area contributed by atoms with E-state index in [1.54, 1.807) is 12.3 Å². The number of aryl methyl sites for hydroxylation is 1. The second-order valence-electron chi connectivity index (χ2n) is 4.63. The summed E-state index contributed by atoms with van der Waals surface area (Å²) in [5, 5.41) is 13.5. The Bertz CT molecular complexity index is 617. The molecule has 2 N–H and O–H groups in total. The molecular formula is C15H17ClN2O2. The van der Waals surface area contributed by atoms with Gasteiger partial charge in [0.25, 0.3) is 0 Å². The highest BCUT2D eigenvalue weighted by Crippen LogP contribution is 2.30. The minimum Gasteiger partial charge on any atom is -0.504 e. The first-order valence-corrected chi connectivity index (χ1v) is 6.64. The van der Waals surface area contributed by atoms with Gasteiger partial charge in [-0.15, -0.1) is 0 Å². The van der Waals surface area contributed by atoms with Gasteiger partial charge in [0.2, 0.25) is 0 Å². The maximum absolute atomic E-state index is 9.60. The van der Waals surface area contributed by atoms with Crippen LogP contribution in [0.3, 0.4) is 0 Å². The van der Waals surface area contributed by atoms with Crippen molar-refractivity contribution >= 4 is 17.3 Å². The zero-order chi connectivity index (χ0) is 14.7. The minimum absolute atomic E-state index is 0.0480. The predicted molar refractivity (Wildman–Crippen MR) is 80.7 cm³/mol. The Hall–Kier alpha value is -1.94.